The average molecular weight is 248 g/mol. The number of pyridine rings is 2. The van der Waals surface area contributed by atoms with E-state index in [9.17, 15) is 0 Å². The first-order valence-electron chi connectivity index (χ1n) is 6.29. The summed E-state index contributed by atoms with van der Waals surface area (Å²) in [4.78, 5) is 8.71. The van der Waals surface area contributed by atoms with Crippen LogP contribution in [0.1, 0.15) is 17.3 Å². The van der Waals surface area contributed by atoms with Gasteiger partial charge in [0.15, 0.2) is 5.65 Å². The Labute approximate surface area is 112 Å². The molecule has 3 heteroatoms. The molecule has 1 N–H and O–H groups in total. The summed E-state index contributed by atoms with van der Waals surface area (Å²) in [6, 6.07) is 17.5. The maximum absolute atomic E-state index is 8.24. The predicted molar refractivity (Wildman–Crippen MR) is 75.5 cm³/mol. The average Bonchev–Trinajstić information content (AvgIpc) is 2.48. The van der Waals surface area contributed by atoms with Crippen LogP contribution in [0.4, 0.5) is 0 Å². The summed E-state index contributed by atoms with van der Waals surface area (Å²) < 4.78 is 0. The lowest BCUT2D eigenvalue weighted by Gasteiger charge is -2.10. The summed E-state index contributed by atoms with van der Waals surface area (Å²) in [7, 11) is 0. The SMILES string of the molecule is [NH]C(Cc1ccccc1)c1ccc2cccnc2n1. The van der Waals surface area contributed by atoms with E-state index in [0.717, 1.165) is 16.6 Å². The van der Waals surface area contributed by atoms with Crippen LogP contribution in [0.25, 0.3) is 11.0 Å². The Morgan fingerprint density at radius 3 is 2.63 bits per heavy atom. The Kier molecular flexibility index (Phi) is 3.21. The molecule has 0 amide bonds. The number of fused-ring (bicyclic) bond motifs is 1. The van der Waals surface area contributed by atoms with Crippen LogP contribution < -0.4 is 5.73 Å². The molecule has 1 radical (unpaired) electrons. The van der Waals surface area contributed by atoms with Crippen LogP contribution in [-0.4, -0.2) is 9.97 Å². The fourth-order valence-corrected chi connectivity index (χ4v) is 2.12. The van der Waals surface area contributed by atoms with Gasteiger partial charge in [-0.2, -0.15) is 0 Å². The van der Waals surface area contributed by atoms with Crippen molar-refractivity contribution < 1.29 is 0 Å². The van der Waals surface area contributed by atoms with Crippen LogP contribution in [0, 0.1) is 0 Å². The minimum atomic E-state index is -0.353. The van der Waals surface area contributed by atoms with E-state index in [-0.39, 0.29) is 6.04 Å². The third-order valence-corrected chi connectivity index (χ3v) is 3.13. The highest BCUT2D eigenvalue weighted by Gasteiger charge is 2.10. The second-order valence-corrected chi connectivity index (χ2v) is 4.53. The molecule has 0 saturated carbocycles. The van der Waals surface area contributed by atoms with Crippen molar-refractivity contribution in [2.24, 2.45) is 0 Å². The molecule has 3 nitrogen and oxygen atoms in total. The van der Waals surface area contributed by atoms with Gasteiger partial charge in [0.2, 0.25) is 0 Å². The van der Waals surface area contributed by atoms with Crippen molar-refractivity contribution in [3.63, 3.8) is 0 Å². The molecule has 0 aliphatic heterocycles. The number of rotatable bonds is 3. The van der Waals surface area contributed by atoms with Gasteiger partial charge in [-0.05, 0) is 36.2 Å². The van der Waals surface area contributed by atoms with Gasteiger partial charge in [-0.1, -0.05) is 30.3 Å². The Bertz CT molecular complexity index is 680. The van der Waals surface area contributed by atoms with E-state index in [2.05, 4.69) is 9.97 Å². The van der Waals surface area contributed by atoms with E-state index in [0.29, 0.717) is 12.1 Å². The molecular weight excluding hydrogens is 234 g/mol. The van der Waals surface area contributed by atoms with Crippen molar-refractivity contribution >= 4 is 11.0 Å². The number of aromatic nitrogens is 2. The van der Waals surface area contributed by atoms with Crippen LogP contribution in [-0.2, 0) is 6.42 Å². The van der Waals surface area contributed by atoms with Gasteiger partial charge in [-0.25, -0.2) is 15.7 Å². The lowest BCUT2D eigenvalue weighted by molar-refractivity contribution is 0.677. The second kappa shape index (κ2) is 5.16. The molecule has 3 aromatic rings. The fraction of sp³-hybridized carbons (Fsp3) is 0.125. The topological polar surface area (TPSA) is 49.6 Å². The van der Waals surface area contributed by atoms with Gasteiger partial charge in [-0.15, -0.1) is 0 Å². The number of nitrogens with one attached hydrogen (secondary N) is 1. The molecule has 1 unspecified atom stereocenters. The largest absolute Gasteiger partial charge is 0.248 e. The normalized spacial score (nSPS) is 12.5. The smallest absolute Gasteiger partial charge is 0.159 e. The molecular formula is C16H14N3. The van der Waals surface area contributed by atoms with Crippen molar-refractivity contribution in [1.82, 2.24) is 15.7 Å². The predicted octanol–water partition coefficient (Wildman–Crippen LogP) is 3.20. The zero-order valence-electron chi connectivity index (χ0n) is 10.5. The first kappa shape index (κ1) is 11.8. The summed E-state index contributed by atoms with van der Waals surface area (Å²) in [5.41, 5.74) is 10.9. The van der Waals surface area contributed by atoms with Gasteiger partial charge < -0.3 is 0 Å². The molecule has 1 aromatic carbocycles. The van der Waals surface area contributed by atoms with Crippen molar-refractivity contribution in [1.29, 1.82) is 0 Å². The van der Waals surface area contributed by atoms with Crippen LogP contribution >= 0.6 is 0 Å². The third kappa shape index (κ3) is 2.61. The monoisotopic (exact) mass is 248 g/mol. The first-order valence-corrected chi connectivity index (χ1v) is 6.29. The van der Waals surface area contributed by atoms with Crippen molar-refractivity contribution in [2.75, 3.05) is 0 Å². The first-order chi connectivity index (χ1) is 9.33. The molecule has 2 heterocycles. The molecule has 0 bridgehead atoms. The minimum absolute atomic E-state index is 0.353. The van der Waals surface area contributed by atoms with E-state index in [1.54, 1.807) is 6.20 Å². The van der Waals surface area contributed by atoms with Crippen LogP contribution in [0.3, 0.4) is 0 Å². The number of nitrogens with zero attached hydrogens (tertiary/aromatic N) is 2. The van der Waals surface area contributed by atoms with E-state index >= 15 is 0 Å². The minimum Gasteiger partial charge on any atom is -0.248 e. The Morgan fingerprint density at radius 1 is 0.947 bits per heavy atom. The maximum Gasteiger partial charge on any atom is 0.159 e. The highest BCUT2D eigenvalue weighted by atomic mass is 14.9. The van der Waals surface area contributed by atoms with Gasteiger partial charge in [-0.3, -0.25) is 0 Å². The molecule has 0 saturated heterocycles. The molecule has 0 fully saturated rings. The standard InChI is InChI=1S/C16H14N3/c17-14(11-12-5-2-1-3-6-12)15-9-8-13-7-4-10-18-16(13)19-15/h1-10,14,17H,11H2. The molecule has 93 valence electrons. The van der Waals surface area contributed by atoms with Crippen molar-refractivity contribution in [2.45, 2.75) is 12.5 Å². The van der Waals surface area contributed by atoms with Gasteiger partial charge in [0.25, 0.3) is 0 Å². The van der Waals surface area contributed by atoms with E-state index in [1.807, 2.05) is 54.6 Å². The lowest BCUT2D eigenvalue weighted by Crippen LogP contribution is -2.06. The number of benzene rings is 1. The van der Waals surface area contributed by atoms with Crippen LogP contribution in [0.5, 0.6) is 0 Å². The Hall–Kier alpha value is -2.26. The molecule has 3 rings (SSSR count). The lowest BCUT2D eigenvalue weighted by atomic mass is 10.0. The van der Waals surface area contributed by atoms with Gasteiger partial charge >= 0.3 is 0 Å². The van der Waals surface area contributed by atoms with E-state index in [4.69, 9.17) is 5.73 Å². The summed E-state index contributed by atoms with van der Waals surface area (Å²) in [5.74, 6) is 0. The molecule has 0 aliphatic carbocycles. The summed E-state index contributed by atoms with van der Waals surface area (Å²) in [5, 5.41) is 1.01. The van der Waals surface area contributed by atoms with Gasteiger partial charge in [0.1, 0.15) is 0 Å². The third-order valence-electron chi connectivity index (χ3n) is 3.13. The van der Waals surface area contributed by atoms with Crippen molar-refractivity contribution in [3.8, 4) is 0 Å². The Balaban J connectivity index is 1.87. The van der Waals surface area contributed by atoms with E-state index in [1.165, 1.54) is 0 Å². The van der Waals surface area contributed by atoms with E-state index < -0.39 is 0 Å². The van der Waals surface area contributed by atoms with Crippen LogP contribution in [0.2, 0.25) is 0 Å². The summed E-state index contributed by atoms with van der Waals surface area (Å²) >= 11 is 0. The highest BCUT2D eigenvalue weighted by Crippen LogP contribution is 2.18. The quantitative estimate of drug-likeness (QED) is 0.714. The molecule has 2 aromatic heterocycles. The van der Waals surface area contributed by atoms with Crippen molar-refractivity contribution in [3.05, 3.63) is 72.1 Å². The molecule has 0 aliphatic rings. The number of hydrogen-bond donors (Lipinski definition) is 0. The zero-order chi connectivity index (χ0) is 13.1. The zero-order valence-corrected chi connectivity index (χ0v) is 10.5. The molecule has 19 heavy (non-hydrogen) atoms. The van der Waals surface area contributed by atoms with Gasteiger partial charge in [0.05, 0.1) is 11.7 Å². The molecule has 1 atom stereocenters. The van der Waals surface area contributed by atoms with Crippen LogP contribution in [0.15, 0.2) is 60.8 Å². The van der Waals surface area contributed by atoms with Gasteiger partial charge in [0, 0.05) is 11.6 Å². The highest BCUT2D eigenvalue weighted by molar-refractivity contribution is 5.74. The Morgan fingerprint density at radius 2 is 1.79 bits per heavy atom. The fourth-order valence-electron chi connectivity index (χ4n) is 2.12. The number of hydrogen-bond acceptors (Lipinski definition) is 2. The summed E-state index contributed by atoms with van der Waals surface area (Å²) in [6.45, 7) is 0. The second-order valence-electron chi connectivity index (χ2n) is 4.53. The molecule has 0 spiro atoms. The maximum atomic E-state index is 8.24. The summed E-state index contributed by atoms with van der Waals surface area (Å²) in [6.07, 6.45) is 2.40.